The lowest BCUT2D eigenvalue weighted by Crippen LogP contribution is -2.52. The number of hydrogen-bond acceptors (Lipinski definition) is 5. The summed E-state index contributed by atoms with van der Waals surface area (Å²) in [6.07, 6.45) is 1.70. The van der Waals surface area contributed by atoms with Gasteiger partial charge in [-0.3, -0.25) is 9.58 Å². The summed E-state index contributed by atoms with van der Waals surface area (Å²) in [6.45, 7) is 11.6. The van der Waals surface area contributed by atoms with E-state index in [1.807, 2.05) is 27.7 Å². The van der Waals surface area contributed by atoms with Crippen molar-refractivity contribution in [2.45, 2.75) is 78.5 Å². The fraction of sp³-hybridized carbons (Fsp3) is 0.652. The SMILES string of the molecule is CC.CC(C)n1ccc(-c2cnc(N)c(OC(F)(F)F)c2)n1.CC1CCC(N2CC(F)C2)C1. The Morgan fingerprint density at radius 3 is 2.33 bits per heavy atom. The van der Waals surface area contributed by atoms with Crippen molar-refractivity contribution in [1.82, 2.24) is 19.7 Å². The number of nitrogens with two attached hydrogens (primary N) is 1. The van der Waals surface area contributed by atoms with Crippen LogP contribution in [0, 0.1) is 5.92 Å². The van der Waals surface area contributed by atoms with E-state index in [1.165, 1.54) is 31.5 Å². The zero-order valence-corrected chi connectivity index (χ0v) is 19.9. The van der Waals surface area contributed by atoms with Gasteiger partial charge in [-0.1, -0.05) is 20.8 Å². The van der Waals surface area contributed by atoms with Crippen molar-refractivity contribution in [2.24, 2.45) is 5.92 Å². The maximum Gasteiger partial charge on any atom is 0.573 e. The molecule has 2 aliphatic rings. The van der Waals surface area contributed by atoms with E-state index >= 15 is 0 Å². The van der Waals surface area contributed by atoms with Crippen LogP contribution >= 0.6 is 0 Å². The summed E-state index contributed by atoms with van der Waals surface area (Å²) in [5.74, 6) is 0.0159. The molecule has 4 rings (SSSR count). The molecule has 0 bridgehead atoms. The fourth-order valence-corrected chi connectivity index (χ4v) is 3.84. The molecule has 0 amide bonds. The van der Waals surface area contributed by atoms with Crippen LogP contribution in [0.5, 0.6) is 5.75 Å². The third-order valence-corrected chi connectivity index (χ3v) is 5.59. The molecule has 1 saturated heterocycles. The molecule has 0 aromatic carbocycles. The van der Waals surface area contributed by atoms with E-state index in [0.29, 0.717) is 24.3 Å². The number of nitrogen functional groups attached to an aromatic ring is 1. The summed E-state index contributed by atoms with van der Waals surface area (Å²) in [7, 11) is 0. The minimum absolute atomic E-state index is 0.149. The summed E-state index contributed by atoms with van der Waals surface area (Å²) >= 11 is 0. The Balaban J connectivity index is 0.000000249. The Labute approximate surface area is 193 Å². The van der Waals surface area contributed by atoms with E-state index < -0.39 is 18.3 Å². The third kappa shape index (κ3) is 7.87. The second kappa shape index (κ2) is 11.7. The molecule has 0 radical (unpaired) electrons. The van der Waals surface area contributed by atoms with E-state index in [2.05, 4.69) is 26.6 Å². The number of likely N-dealkylation sites (tertiary alicyclic amines) is 1. The molecule has 2 unspecified atom stereocenters. The lowest BCUT2D eigenvalue weighted by molar-refractivity contribution is -0.274. The molecule has 2 aromatic rings. The lowest BCUT2D eigenvalue weighted by Gasteiger charge is -2.39. The number of nitrogens with zero attached hydrogens (tertiary/aromatic N) is 4. The van der Waals surface area contributed by atoms with Crippen molar-refractivity contribution in [3.05, 3.63) is 24.5 Å². The standard InChI is InChI=1S/C12H13F3N4O.C9H16FN.C2H6/c1-7(2)19-4-3-9(18-19)8-5-10(11(16)17-6-8)20-12(13,14)15;1-7-2-3-9(4-7)11-5-8(10)6-11;1-2/h3-7H,1-2H3,(H2,16,17);7-9H,2-6H2,1H3;1-2H3. The van der Waals surface area contributed by atoms with Gasteiger partial charge in [0.2, 0.25) is 0 Å². The van der Waals surface area contributed by atoms with E-state index in [9.17, 15) is 17.6 Å². The van der Waals surface area contributed by atoms with Crippen LogP contribution in [-0.2, 0) is 0 Å². The summed E-state index contributed by atoms with van der Waals surface area (Å²) < 4.78 is 54.7. The zero-order chi connectivity index (χ0) is 24.8. The maximum absolute atomic E-state index is 12.5. The number of hydrogen-bond donors (Lipinski definition) is 1. The van der Waals surface area contributed by atoms with Gasteiger partial charge in [0.1, 0.15) is 6.17 Å². The highest BCUT2D eigenvalue weighted by Gasteiger charge is 2.35. The molecule has 2 N–H and O–H groups in total. The summed E-state index contributed by atoms with van der Waals surface area (Å²) in [6, 6.07) is 3.72. The van der Waals surface area contributed by atoms with Crippen LogP contribution in [0.4, 0.5) is 23.4 Å². The molecular formula is C23H35F4N5O. The second-order valence-corrected chi connectivity index (χ2v) is 8.55. The molecule has 2 aromatic heterocycles. The Hall–Kier alpha value is -2.36. The highest BCUT2D eigenvalue weighted by Crippen LogP contribution is 2.32. The largest absolute Gasteiger partial charge is 0.573 e. The number of aromatic nitrogens is 3. The van der Waals surface area contributed by atoms with Gasteiger partial charge in [0.25, 0.3) is 0 Å². The molecule has 33 heavy (non-hydrogen) atoms. The van der Waals surface area contributed by atoms with Crippen LogP contribution in [-0.4, -0.2) is 51.3 Å². The zero-order valence-electron chi connectivity index (χ0n) is 19.9. The van der Waals surface area contributed by atoms with Crippen LogP contribution < -0.4 is 10.5 Å². The van der Waals surface area contributed by atoms with E-state index in [-0.39, 0.29) is 11.9 Å². The second-order valence-electron chi connectivity index (χ2n) is 8.55. The predicted molar refractivity (Wildman–Crippen MR) is 122 cm³/mol. The van der Waals surface area contributed by atoms with Crippen LogP contribution in [0.1, 0.15) is 59.9 Å². The first-order valence-corrected chi connectivity index (χ1v) is 11.5. The van der Waals surface area contributed by atoms with Gasteiger partial charge in [-0.2, -0.15) is 5.10 Å². The Morgan fingerprint density at radius 1 is 1.18 bits per heavy atom. The van der Waals surface area contributed by atoms with Crippen LogP contribution in [0.15, 0.2) is 24.5 Å². The fourth-order valence-electron chi connectivity index (χ4n) is 3.84. The van der Waals surface area contributed by atoms with Gasteiger partial charge in [0, 0.05) is 43.1 Å². The molecular weight excluding hydrogens is 438 g/mol. The minimum atomic E-state index is -4.81. The predicted octanol–water partition coefficient (Wildman–Crippen LogP) is 5.86. The van der Waals surface area contributed by atoms with E-state index in [1.54, 1.807) is 16.9 Å². The summed E-state index contributed by atoms with van der Waals surface area (Å²) in [4.78, 5) is 6.00. The number of anilines is 1. The molecule has 2 fully saturated rings. The van der Waals surface area contributed by atoms with Gasteiger partial charge < -0.3 is 10.5 Å². The Kier molecular flexibility index (Phi) is 9.51. The van der Waals surface area contributed by atoms with E-state index in [0.717, 1.165) is 12.0 Å². The molecule has 1 aliphatic heterocycles. The molecule has 1 saturated carbocycles. The first kappa shape index (κ1) is 26.9. The highest BCUT2D eigenvalue weighted by atomic mass is 19.4. The summed E-state index contributed by atoms with van der Waals surface area (Å²) in [5.41, 5.74) is 6.27. The first-order valence-electron chi connectivity index (χ1n) is 11.5. The van der Waals surface area contributed by atoms with Gasteiger partial charge in [-0.25, -0.2) is 9.37 Å². The van der Waals surface area contributed by atoms with Crippen LogP contribution in [0.3, 0.4) is 0 Å². The van der Waals surface area contributed by atoms with Crippen molar-refractivity contribution < 1.29 is 22.3 Å². The summed E-state index contributed by atoms with van der Waals surface area (Å²) in [5, 5.41) is 4.25. The first-order chi connectivity index (χ1) is 15.5. The average molecular weight is 474 g/mol. The van der Waals surface area contributed by atoms with Gasteiger partial charge in [0.15, 0.2) is 11.6 Å². The van der Waals surface area contributed by atoms with Crippen molar-refractivity contribution in [2.75, 3.05) is 18.8 Å². The van der Waals surface area contributed by atoms with Crippen molar-refractivity contribution in [3.63, 3.8) is 0 Å². The van der Waals surface area contributed by atoms with Crippen molar-refractivity contribution >= 4 is 5.82 Å². The topological polar surface area (TPSA) is 69.2 Å². The van der Waals surface area contributed by atoms with Crippen molar-refractivity contribution in [3.8, 4) is 17.0 Å². The van der Waals surface area contributed by atoms with Gasteiger partial charge >= 0.3 is 6.36 Å². The number of pyridine rings is 1. The molecule has 1 aliphatic carbocycles. The molecule has 0 spiro atoms. The molecule has 2 atom stereocenters. The minimum Gasteiger partial charge on any atom is -0.402 e. The van der Waals surface area contributed by atoms with Crippen LogP contribution in [0.25, 0.3) is 11.3 Å². The Morgan fingerprint density at radius 2 is 1.85 bits per heavy atom. The number of alkyl halides is 4. The molecule has 186 valence electrons. The average Bonchev–Trinajstić information content (AvgIpc) is 3.38. The number of rotatable bonds is 4. The molecule has 3 heterocycles. The van der Waals surface area contributed by atoms with Gasteiger partial charge in [0.05, 0.1) is 5.69 Å². The molecule has 6 nitrogen and oxygen atoms in total. The quantitative estimate of drug-likeness (QED) is 0.563. The van der Waals surface area contributed by atoms with Crippen LogP contribution in [0.2, 0.25) is 0 Å². The number of ether oxygens (including phenoxy) is 1. The van der Waals surface area contributed by atoms with E-state index in [4.69, 9.17) is 5.73 Å². The monoisotopic (exact) mass is 473 g/mol. The smallest absolute Gasteiger partial charge is 0.402 e. The Bertz CT molecular complexity index is 865. The third-order valence-electron chi connectivity index (χ3n) is 5.59. The van der Waals surface area contributed by atoms with Gasteiger partial charge in [-0.15, -0.1) is 13.2 Å². The van der Waals surface area contributed by atoms with Gasteiger partial charge in [-0.05, 0) is 51.2 Å². The highest BCUT2D eigenvalue weighted by molar-refractivity contribution is 5.63. The number of halogens is 4. The lowest BCUT2D eigenvalue weighted by atomic mass is 10.1. The maximum atomic E-state index is 12.5. The molecule has 10 heteroatoms. The normalized spacial score (nSPS) is 21.0. The van der Waals surface area contributed by atoms with Crippen molar-refractivity contribution in [1.29, 1.82) is 0 Å².